The summed E-state index contributed by atoms with van der Waals surface area (Å²) in [5.74, 6) is -1.46. The number of amides is 3. The molecule has 4 aromatic rings. The number of halogens is 1. The number of carbonyl (C=O) groups excluding carboxylic acids is 5. The van der Waals surface area contributed by atoms with E-state index in [1.165, 1.54) is 20.6 Å². The fraction of sp³-hybridized carbons (Fsp3) is 0.444. The van der Waals surface area contributed by atoms with Crippen molar-refractivity contribution in [3.8, 4) is 0 Å². The third-order valence-electron chi connectivity index (χ3n) is 10.7. The van der Waals surface area contributed by atoms with Crippen molar-refractivity contribution in [3.05, 3.63) is 83.9 Å². The van der Waals surface area contributed by atoms with Crippen molar-refractivity contribution in [2.45, 2.75) is 103 Å². The second-order valence-corrected chi connectivity index (χ2v) is 15.9. The van der Waals surface area contributed by atoms with Crippen molar-refractivity contribution in [2.24, 2.45) is 11.8 Å². The van der Waals surface area contributed by atoms with Crippen LogP contribution < -0.4 is 21.7 Å². The standard InChI is InChI=1S/C25H32N2O5.C20H24N2O3.ClH/c1-25(2,3)32-24(30)26-20-15-18-13-9-8-12-17(18)14-19(20)22(28)27-21(23(29)31-4)16-10-6-5-7-11-16;1-25-20(24)18(13-7-3-2-4-8-13)22-19(23)16-11-14-9-5-6-10-15(14)12-17(16)21;/h8-9,12-16,21H,5-7,10-11H2,1-4H3,(H,26,30)(H,27,28);5-6,9-13,18H,2-4,7-8,21H2,1H3,(H,22,23);1H/t21-;18-;/m00./s1. The summed E-state index contributed by atoms with van der Waals surface area (Å²) < 4.78 is 15.3. The number of nitrogen functional groups attached to an aromatic ring is 1. The Morgan fingerprint density at radius 1 is 0.621 bits per heavy atom. The first-order valence-electron chi connectivity index (χ1n) is 19.9. The summed E-state index contributed by atoms with van der Waals surface area (Å²) in [4.78, 5) is 63.2. The molecule has 3 amide bonds. The summed E-state index contributed by atoms with van der Waals surface area (Å²) in [5.41, 5.74) is 6.78. The Hall–Kier alpha value is -5.36. The van der Waals surface area contributed by atoms with Crippen molar-refractivity contribution < 1.29 is 38.2 Å². The van der Waals surface area contributed by atoms with Crippen LogP contribution in [-0.2, 0) is 23.8 Å². The molecular formula is C45H57ClN4O8. The molecule has 0 saturated heterocycles. The predicted octanol–water partition coefficient (Wildman–Crippen LogP) is 8.73. The average molecular weight is 817 g/mol. The van der Waals surface area contributed by atoms with Crippen LogP contribution in [0.25, 0.3) is 21.5 Å². The van der Waals surface area contributed by atoms with Crippen LogP contribution in [0.4, 0.5) is 16.2 Å². The van der Waals surface area contributed by atoms with Crippen LogP contribution >= 0.6 is 12.4 Å². The summed E-state index contributed by atoms with van der Waals surface area (Å²) in [7, 11) is 2.69. The number of fused-ring (bicyclic) bond motifs is 2. The lowest BCUT2D eigenvalue weighted by Gasteiger charge is -2.29. The van der Waals surface area contributed by atoms with E-state index in [0.29, 0.717) is 16.9 Å². The number of hydrogen-bond acceptors (Lipinski definition) is 9. The van der Waals surface area contributed by atoms with Crippen molar-refractivity contribution in [1.29, 1.82) is 0 Å². The molecule has 0 unspecified atom stereocenters. The lowest BCUT2D eigenvalue weighted by atomic mass is 9.83. The molecule has 6 rings (SSSR count). The van der Waals surface area contributed by atoms with Gasteiger partial charge in [-0.05, 0) is 104 Å². The van der Waals surface area contributed by atoms with Crippen LogP contribution in [0.3, 0.4) is 0 Å². The molecule has 0 spiro atoms. The Labute approximate surface area is 346 Å². The topological polar surface area (TPSA) is 175 Å². The third-order valence-corrected chi connectivity index (χ3v) is 10.7. The summed E-state index contributed by atoms with van der Waals surface area (Å²) in [6.45, 7) is 5.31. The number of nitrogens with one attached hydrogen (secondary N) is 3. The number of nitrogens with two attached hydrogens (primary N) is 1. The summed E-state index contributed by atoms with van der Waals surface area (Å²) in [6.07, 6.45) is 9.42. The molecule has 4 aromatic carbocycles. The minimum atomic E-state index is -0.728. The molecule has 0 bridgehead atoms. The highest BCUT2D eigenvalue weighted by atomic mass is 35.5. The molecular weight excluding hydrogens is 760 g/mol. The normalized spacial score (nSPS) is 15.7. The van der Waals surface area contributed by atoms with E-state index in [0.717, 1.165) is 79.3 Å². The fourth-order valence-corrected chi connectivity index (χ4v) is 7.77. The van der Waals surface area contributed by atoms with Crippen LogP contribution in [0.2, 0.25) is 0 Å². The highest BCUT2D eigenvalue weighted by Gasteiger charge is 2.34. The first-order chi connectivity index (χ1) is 27.3. The quantitative estimate of drug-likeness (QED) is 0.0731. The van der Waals surface area contributed by atoms with Gasteiger partial charge in [0.15, 0.2) is 0 Å². The van der Waals surface area contributed by atoms with Gasteiger partial charge in [0.1, 0.15) is 17.7 Å². The zero-order chi connectivity index (χ0) is 41.1. The van der Waals surface area contributed by atoms with Gasteiger partial charge in [-0.15, -0.1) is 12.4 Å². The maximum Gasteiger partial charge on any atom is 0.412 e. The van der Waals surface area contributed by atoms with Gasteiger partial charge < -0.3 is 30.6 Å². The highest BCUT2D eigenvalue weighted by Crippen LogP contribution is 2.30. The summed E-state index contributed by atoms with van der Waals surface area (Å²) >= 11 is 0. The van der Waals surface area contributed by atoms with Gasteiger partial charge in [0, 0.05) is 5.69 Å². The Balaban J connectivity index is 0.000000259. The van der Waals surface area contributed by atoms with Gasteiger partial charge in [-0.2, -0.15) is 0 Å². The van der Waals surface area contributed by atoms with Crippen molar-refractivity contribution in [1.82, 2.24) is 10.6 Å². The largest absolute Gasteiger partial charge is 0.467 e. The molecule has 0 radical (unpaired) electrons. The minimum absolute atomic E-state index is 0. The molecule has 0 aliphatic heterocycles. The monoisotopic (exact) mass is 816 g/mol. The van der Waals surface area contributed by atoms with Gasteiger partial charge >= 0.3 is 18.0 Å². The molecule has 0 aromatic heterocycles. The zero-order valence-electron chi connectivity index (χ0n) is 34.1. The van der Waals surface area contributed by atoms with E-state index in [9.17, 15) is 24.0 Å². The average Bonchev–Trinajstić information content (AvgIpc) is 3.20. The van der Waals surface area contributed by atoms with Crippen molar-refractivity contribution in [2.75, 3.05) is 25.3 Å². The molecule has 58 heavy (non-hydrogen) atoms. The van der Waals surface area contributed by atoms with Gasteiger partial charge in [-0.3, -0.25) is 14.9 Å². The van der Waals surface area contributed by atoms with Crippen LogP contribution in [0, 0.1) is 11.8 Å². The number of ether oxygens (including phenoxy) is 3. The van der Waals surface area contributed by atoms with Gasteiger partial charge in [0.05, 0.1) is 31.0 Å². The molecule has 5 N–H and O–H groups in total. The first-order valence-corrected chi connectivity index (χ1v) is 19.9. The van der Waals surface area contributed by atoms with E-state index in [1.54, 1.807) is 45.0 Å². The van der Waals surface area contributed by atoms with Gasteiger partial charge in [-0.1, -0.05) is 87.1 Å². The Morgan fingerprint density at radius 2 is 1.02 bits per heavy atom. The highest BCUT2D eigenvalue weighted by molar-refractivity contribution is 6.08. The SMILES string of the molecule is COC(=O)[C@@H](NC(=O)c1cc2ccccc2cc1N)C1CCCCC1.COC(=O)[C@@H](NC(=O)c1cc2ccccc2cc1NC(=O)OC(C)(C)C)C1CCCCC1.Cl. The number of methoxy groups -OCH3 is 2. The van der Waals surface area contributed by atoms with Gasteiger partial charge in [0.25, 0.3) is 11.8 Å². The molecule has 312 valence electrons. The Morgan fingerprint density at radius 3 is 1.45 bits per heavy atom. The molecule has 12 nitrogen and oxygen atoms in total. The van der Waals surface area contributed by atoms with E-state index in [1.807, 2.05) is 48.5 Å². The minimum Gasteiger partial charge on any atom is -0.467 e. The van der Waals surface area contributed by atoms with E-state index in [-0.39, 0.29) is 41.7 Å². The second-order valence-electron chi connectivity index (χ2n) is 15.9. The number of rotatable bonds is 9. The smallest absolute Gasteiger partial charge is 0.412 e. The maximum atomic E-state index is 13.3. The number of benzene rings is 4. The molecule has 13 heteroatoms. The fourth-order valence-electron chi connectivity index (χ4n) is 7.77. The third kappa shape index (κ3) is 12.1. The molecule has 2 aliphatic rings. The number of anilines is 2. The van der Waals surface area contributed by atoms with E-state index < -0.39 is 35.7 Å². The number of carbonyl (C=O) groups is 5. The summed E-state index contributed by atoms with van der Waals surface area (Å²) in [6, 6.07) is 21.0. The van der Waals surface area contributed by atoms with Crippen LogP contribution in [0.1, 0.15) is 106 Å². The first kappa shape index (κ1) is 45.3. The van der Waals surface area contributed by atoms with Crippen molar-refractivity contribution >= 4 is 75.2 Å². The number of esters is 2. The molecule has 2 saturated carbocycles. The van der Waals surface area contributed by atoms with E-state index in [2.05, 4.69) is 16.0 Å². The van der Waals surface area contributed by atoms with Crippen LogP contribution in [-0.4, -0.2) is 61.8 Å². The van der Waals surface area contributed by atoms with Gasteiger partial charge in [0.2, 0.25) is 0 Å². The predicted molar refractivity (Wildman–Crippen MR) is 229 cm³/mol. The molecule has 0 heterocycles. The zero-order valence-corrected chi connectivity index (χ0v) is 34.9. The van der Waals surface area contributed by atoms with Crippen molar-refractivity contribution in [3.63, 3.8) is 0 Å². The maximum absolute atomic E-state index is 13.3. The molecule has 2 fully saturated rings. The van der Waals surface area contributed by atoms with E-state index in [4.69, 9.17) is 19.9 Å². The lowest BCUT2D eigenvalue weighted by molar-refractivity contribution is -0.145. The second kappa shape index (κ2) is 20.9. The molecule has 2 atom stereocenters. The lowest BCUT2D eigenvalue weighted by Crippen LogP contribution is -2.47. The summed E-state index contributed by atoms with van der Waals surface area (Å²) in [5, 5.41) is 12.1. The van der Waals surface area contributed by atoms with Crippen LogP contribution in [0.5, 0.6) is 0 Å². The van der Waals surface area contributed by atoms with Gasteiger partial charge in [-0.25, -0.2) is 14.4 Å². The Bertz CT molecular complexity index is 2070. The number of hydrogen-bond donors (Lipinski definition) is 4. The molecule has 2 aliphatic carbocycles. The Kier molecular flexibility index (Phi) is 16.3. The van der Waals surface area contributed by atoms with E-state index >= 15 is 0 Å². The van der Waals surface area contributed by atoms with Crippen LogP contribution in [0.15, 0.2) is 72.8 Å².